The molecule has 0 fully saturated rings. The Morgan fingerprint density at radius 1 is 1.11 bits per heavy atom. The first-order valence-electron chi connectivity index (χ1n) is 6.55. The normalized spacial score (nSPS) is 11.2. The molecule has 0 aromatic heterocycles. The van der Waals surface area contributed by atoms with Crippen molar-refractivity contribution >= 4 is 0 Å². The molecule has 0 aliphatic rings. The van der Waals surface area contributed by atoms with Gasteiger partial charge in [0.1, 0.15) is 11.6 Å². The number of hydrogen-bond donors (Lipinski definition) is 1. The summed E-state index contributed by atoms with van der Waals surface area (Å²) < 4.78 is 26.6. The lowest BCUT2D eigenvalue weighted by molar-refractivity contribution is 0.297. The molecule has 0 saturated heterocycles. The Morgan fingerprint density at radius 2 is 1.72 bits per heavy atom. The fourth-order valence-electron chi connectivity index (χ4n) is 1.88. The maximum Gasteiger partial charge on any atom is 0.130 e. The topological polar surface area (TPSA) is 15.3 Å². The summed E-state index contributed by atoms with van der Waals surface area (Å²) >= 11 is 0. The van der Waals surface area contributed by atoms with E-state index in [0.29, 0.717) is 0 Å². The van der Waals surface area contributed by atoms with Crippen LogP contribution < -0.4 is 5.32 Å². The Labute approximate surface area is 108 Å². The Balaban J connectivity index is 2.26. The molecular weight excluding hydrogens is 234 g/mol. The lowest BCUT2D eigenvalue weighted by Gasteiger charge is -2.17. The van der Waals surface area contributed by atoms with Gasteiger partial charge in [-0.05, 0) is 44.7 Å². The lowest BCUT2D eigenvalue weighted by Crippen LogP contribution is -2.27. The van der Waals surface area contributed by atoms with E-state index in [2.05, 4.69) is 24.1 Å². The smallest absolute Gasteiger partial charge is 0.130 e. The van der Waals surface area contributed by atoms with E-state index in [-0.39, 0.29) is 12.1 Å². The van der Waals surface area contributed by atoms with Crippen LogP contribution in [-0.2, 0) is 6.54 Å². The van der Waals surface area contributed by atoms with Gasteiger partial charge in [-0.3, -0.25) is 0 Å². The highest BCUT2D eigenvalue weighted by atomic mass is 19.1. The number of hydrogen-bond acceptors (Lipinski definition) is 2. The highest BCUT2D eigenvalue weighted by Crippen LogP contribution is 2.11. The van der Waals surface area contributed by atoms with Crippen LogP contribution >= 0.6 is 0 Å². The summed E-state index contributed by atoms with van der Waals surface area (Å²) in [4.78, 5) is 2.32. The predicted molar refractivity (Wildman–Crippen MR) is 70.5 cm³/mol. The molecule has 4 heteroatoms. The minimum atomic E-state index is -0.480. The minimum absolute atomic E-state index is 0.125. The summed E-state index contributed by atoms with van der Waals surface area (Å²) in [5.41, 5.74) is 0.125. The summed E-state index contributed by atoms with van der Waals surface area (Å²) in [6.45, 7) is 8.37. The summed E-state index contributed by atoms with van der Waals surface area (Å²) in [6.07, 6.45) is 0.984. The van der Waals surface area contributed by atoms with Crippen LogP contribution in [-0.4, -0.2) is 31.1 Å². The average Bonchev–Trinajstić information content (AvgIpc) is 2.37. The lowest BCUT2D eigenvalue weighted by atomic mass is 10.2. The molecule has 1 rings (SSSR count). The third-order valence-corrected chi connectivity index (χ3v) is 3.09. The van der Waals surface area contributed by atoms with Gasteiger partial charge in [0.2, 0.25) is 0 Å². The zero-order valence-corrected chi connectivity index (χ0v) is 11.2. The molecule has 1 aromatic rings. The molecule has 0 saturated carbocycles. The maximum absolute atomic E-state index is 13.3. The van der Waals surface area contributed by atoms with E-state index in [0.717, 1.165) is 32.6 Å². The van der Waals surface area contributed by atoms with Gasteiger partial charge in [0.05, 0.1) is 0 Å². The molecule has 0 heterocycles. The highest BCUT2D eigenvalue weighted by Gasteiger charge is 2.07. The van der Waals surface area contributed by atoms with Crippen molar-refractivity contribution in [3.05, 3.63) is 35.4 Å². The molecule has 0 amide bonds. The molecule has 0 radical (unpaired) electrons. The van der Waals surface area contributed by atoms with E-state index >= 15 is 0 Å². The monoisotopic (exact) mass is 256 g/mol. The fraction of sp³-hybridized carbons (Fsp3) is 0.571. The Bertz CT molecular complexity index is 331. The highest BCUT2D eigenvalue weighted by molar-refractivity contribution is 5.19. The van der Waals surface area contributed by atoms with Crippen LogP contribution in [0.4, 0.5) is 8.78 Å². The van der Waals surface area contributed by atoms with Crippen molar-refractivity contribution in [2.45, 2.75) is 26.8 Å². The number of nitrogens with one attached hydrogen (secondary N) is 1. The van der Waals surface area contributed by atoms with Crippen LogP contribution in [0, 0.1) is 11.6 Å². The quantitative estimate of drug-likeness (QED) is 0.719. The number of benzene rings is 1. The molecule has 0 atom stereocenters. The van der Waals surface area contributed by atoms with E-state index in [1.54, 1.807) is 0 Å². The second-order valence-electron chi connectivity index (χ2n) is 4.26. The number of rotatable bonds is 8. The van der Waals surface area contributed by atoms with Crippen molar-refractivity contribution in [1.82, 2.24) is 10.2 Å². The summed E-state index contributed by atoms with van der Waals surface area (Å²) in [6, 6.07) is 3.96. The van der Waals surface area contributed by atoms with Gasteiger partial charge in [-0.1, -0.05) is 19.9 Å². The van der Waals surface area contributed by atoms with Crippen molar-refractivity contribution < 1.29 is 8.78 Å². The molecule has 18 heavy (non-hydrogen) atoms. The molecule has 0 bridgehead atoms. The van der Waals surface area contributed by atoms with Crippen LogP contribution in [0.3, 0.4) is 0 Å². The van der Waals surface area contributed by atoms with Gasteiger partial charge >= 0.3 is 0 Å². The van der Waals surface area contributed by atoms with Crippen LogP contribution in [0.5, 0.6) is 0 Å². The van der Waals surface area contributed by atoms with E-state index in [9.17, 15) is 8.78 Å². The third kappa shape index (κ3) is 4.70. The zero-order chi connectivity index (χ0) is 13.4. The average molecular weight is 256 g/mol. The van der Waals surface area contributed by atoms with E-state index in [4.69, 9.17) is 0 Å². The summed E-state index contributed by atoms with van der Waals surface area (Å²) in [5.74, 6) is -0.961. The molecule has 0 unspecified atom stereocenters. The molecular formula is C14H22F2N2. The molecule has 1 aromatic carbocycles. The molecule has 0 aliphatic carbocycles. The second kappa shape index (κ2) is 8.16. The van der Waals surface area contributed by atoms with Crippen LogP contribution in [0.1, 0.15) is 25.8 Å². The number of halogens is 2. The maximum atomic E-state index is 13.3. The molecule has 0 spiro atoms. The molecule has 1 N–H and O–H groups in total. The first-order chi connectivity index (χ1) is 8.69. The zero-order valence-electron chi connectivity index (χ0n) is 11.2. The Hall–Kier alpha value is -1.00. The van der Waals surface area contributed by atoms with Crippen molar-refractivity contribution in [2.75, 3.05) is 26.2 Å². The van der Waals surface area contributed by atoms with E-state index in [1.165, 1.54) is 18.2 Å². The van der Waals surface area contributed by atoms with Gasteiger partial charge in [-0.25, -0.2) is 8.78 Å². The SMILES string of the molecule is CCN(CC)CCCNCc1c(F)cccc1F. The van der Waals surface area contributed by atoms with Gasteiger partial charge in [0.25, 0.3) is 0 Å². The molecule has 0 aliphatic heterocycles. The first kappa shape index (κ1) is 15.1. The van der Waals surface area contributed by atoms with Gasteiger partial charge in [0.15, 0.2) is 0 Å². The predicted octanol–water partition coefficient (Wildman–Crippen LogP) is 2.79. The Kier molecular flexibility index (Phi) is 6.83. The summed E-state index contributed by atoms with van der Waals surface area (Å²) in [5, 5.41) is 3.08. The first-order valence-corrected chi connectivity index (χ1v) is 6.55. The van der Waals surface area contributed by atoms with Gasteiger partial charge in [0, 0.05) is 12.1 Å². The van der Waals surface area contributed by atoms with Crippen LogP contribution in [0.15, 0.2) is 18.2 Å². The Morgan fingerprint density at radius 3 is 2.28 bits per heavy atom. The minimum Gasteiger partial charge on any atom is -0.312 e. The van der Waals surface area contributed by atoms with Gasteiger partial charge in [-0.15, -0.1) is 0 Å². The third-order valence-electron chi connectivity index (χ3n) is 3.09. The molecule has 2 nitrogen and oxygen atoms in total. The van der Waals surface area contributed by atoms with E-state index < -0.39 is 11.6 Å². The fourth-order valence-corrected chi connectivity index (χ4v) is 1.88. The van der Waals surface area contributed by atoms with Gasteiger partial charge < -0.3 is 10.2 Å². The van der Waals surface area contributed by atoms with Gasteiger partial charge in [-0.2, -0.15) is 0 Å². The van der Waals surface area contributed by atoms with Crippen molar-refractivity contribution in [2.24, 2.45) is 0 Å². The largest absolute Gasteiger partial charge is 0.312 e. The van der Waals surface area contributed by atoms with Crippen LogP contribution in [0.2, 0.25) is 0 Å². The standard InChI is InChI=1S/C14H22F2N2/c1-3-18(4-2)10-6-9-17-11-12-13(15)7-5-8-14(12)16/h5,7-8,17H,3-4,6,9-11H2,1-2H3. The van der Waals surface area contributed by atoms with Crippen molar-refractivity contribution in [3.63, 3.8) is 0 Å². The summed E-state index contributed by atoms with van der Waals surface area (Å²) in [7, 11) is 0. The van der Waals surface area contributed by atoms with Crippen molar-refractivity contribution in [3.8, 4) is 0 Å². The van der Waals surface area contributed by atoms with Crippen LogP contribution in [0.25, 0.3) is 0 Å². The van der Waals surface area contributed by atoms with Crippen molar-refractivity contribution in [1.29, 1.82) is 0 Å². The number of nitrogens with zero attached hydrogens (tertiary/aromatic N) is 1. The molecule has 102 valence electrons. The second-order valence-corrected chi connectivity index (χ2v) is 4.26. The van der Waals surface area contributed by atoms with E-state index in [1.807, 2.05) is 0 Å².